The summed E-state index contributed by atoms with van der Waals surface area (Å²) in [5.74, 6) is 0.955. The number of hydrogen-bond acceptors (Lipinski definition) is 5. The Balaban J connectivity index is 0.00000155. The van der Waals surface area contributed by atoms with Crippen LogP contribution in [0, 0.1) is 6.92 Å². The topological polar surface area (TPSA) is 65.7 Å². The minimum absolute atomic E-state index is 0.134. The number of hydrogen-bond donors (Lipinski definition) is 0. The first-order valence-electron chi connectivity index (χ1n) is 10.2. The van der Waals surface area contributed by atoms with Crippen molar-refractivity contribution in [1.82, 2.24) is 0 Å². The van der Waals surface area contributed by atoms with E-state index in [0.29, 0.717) is 17.1 Å². The zero-order chi connectivity index (χ0) is 22.3. The molecule has 0 N–H and O–H groups in total. The van der Waals surface area contributed by atoms with E-state index in [1.165, 1.54) is 0 Å². The molecular formula is C25H30O5. The molecule has 0 atom stereocenters. The molecule has 0 amide bonds. The van der Waals surface area contributed by atoms with Crippen molar-refractivity contribution in [3.63, 3.8) is 0 Å². The monoisotopic (exact) mass is 410 g/mol. The van der Waals surface area contributed by atoms with Crippen LogP contribution in [0.3, 0.4) is 0 Å². The Hall–Kier alpha value is -3.08. The molecule has 0 aliphatic heterocycles. The minimum Gasteiger partial charge on any atom is -0.485 e. The molecule has 0 aliphatic carbocycles. The van der Waals surface area contributed by atoms with Crippen LogP contribution in [0.2, 0.25) is 0 Å². The van der Waals surface area contributed by atoms with Gasteiger partial charge in [-0.3, -0.25) is 9.59 Å². The average molecular weight is 411 g/mol. The molecule has 0 aliphatic rings. The highest BCUT2D eigenvalue weighted by Gasteiger charge is 2.18. The van der Waals surface area contributed by atoms with E-state index in [2.05, 4.69) is 0 Å². The van der Waals surface area contributed by atoms with E-state index in [1.54, 1.807) is 12.1 Å². The summed E-state index contributed by atoms with van der Waals surface area (Å²) in [6.07, 6.45) is 0.956. The first-order valence-corrected chi connectivity index (χ1v) is 10.2. The number of carbonyl (C=O) groups excluding carboxylic acids is 2. The maximum atomic E-state index is 12.1. The number of ether oxygens (including phenoxy) is 2. The van der Waals surface area contributed by atoms with E-state index in [-0.39, 0.29) is 19.0 Å². The van der Waals surface area contributed by atoms with Crippen LogP contribution in [-0.2, 0) is 22.6 Å². The van der Waals surface area contributed by atoms with E-state index in [4.69, 9.17) is 13.9 Å². The molecule has 0 spiro atoms. The van der Waals surface area contributed by atoms with Gasteiger partial charge in [0.15, 0.2) is 0 Å². The SMILES string of the molecule is CC.Cc1cc(C=O)cc2cc(COc3ccccc3CC(=O)OC(C)(C)C)oc12. The van der Waals surface area contributed by atoms with E-state index >= 15 is 0 Å². The Kier molecular flexibility index (Phi) is 7.81. The molecule has 0 fully saturated rings. The van der Waals surface area contributed by atoms with Crippen molar-refractivity contribution in [3.8, 4) is 5.75 Å². The van der Waals surface area contributed by atoms with Crippen LogP contribution in [0.1, 0.15) is 61.9 Å². The first kappa shape index (κ1) is 23.2. The van der Waals surface area contributed by atoms with Gasteiger partial charge in [0.2, 0.25) is 0 Å². The first-order chi connectivity index (χ1) is 14.2. The summed E-state index contributed by atoms with van der Waals surface area (Å²) in [6.45, 7) is 11.6. The fourth-order valence-corrected chi connectivity index (χ4v) is 3.02. The maximum Gasteiger partial charge on any atom is 0.310 e. The molecule has 0 radical (unpaired) electrons. The third-order valence-electron chi connectivity index (χ3n) is 4.11. The third-order valence-corrected chi connectivity index (χ3v) is 4.11. The van der Waals surface area contributed by atoms with Crippen LogP contribution < -0.4 is 4.74 Å². The molecule has 0 unspecified atom stereocenters. The van der Waals surface area contributed by atoms with E-state index in [1.807, 2.05) is 71.9 Å². The maximum absolute atomic E-state index is 12.1. The summed E-state index contributed by atoms with van der Waals surface area (Å²) >= 11 is 0. The van der Waals surface area contributed by atoms with Gasteiger partial charge in [-0.1, -0.05) is 32.0 Å². The number of benzene rings is 2. The number of fused-ring (bicyclic) bond motifs is 1. The van der Waals surface area contributed by atoms with Gasteiger partial charge in [0.1, 0.15) is 35.6 Å². The molecular weight excluding hydrogens is 380 g/mol. The quantitative estimate of drug-likeness (QED) is 0.366. The number of carbonyl (C=O) groups is 2. The normalized spacial score (nSPS) is 10.9. The lowest BCUT2D eigenvalue weighted by molar-refractivity contribution is -0.153. The number of aryl methyl sites for hydroxylation is 1. The number of rotatable bonds is 6. The number of para-hydroxylation sites is 1. The van der Waals surface area contributed by atoms with Crippen LogP contribution in [0.4, 0.5) is 0 Å². The van der Waals surface area contributed by atoms with Crippen LogP contribution in [-0.4, -0.2) is 17.9 Å². The molecule has 160 valence electrons. The zero-order valence-corrected chi connectivity index (χ0v) is 18.6. The van der Waals surface area contributed by atoms with Gasteiger partial charge in [0.05, 0.1) is 6.42 Å². The Morgan fingerprint density at radius 1 is 1.10 bits per heavy atom. The van der Waals surface area contributed by atoms with Crippen molar-refractivity contribution in [3.05, 3.63) is 64.9 Å². The molecule has 5 heteroatoms. The highest BCUT2D eigenvalue weighted by atomic mass is 16.6. The van der Waals surface area contributed by atoms with Gasteiger partial charge in [-0.15, -0.1) is 0 Å². The second-order valence-electron chi connectivity index (χ2n) is 7.75. The molecule has 30 heavy (non-hydrogen) atoms. The predicted octanol–water partition coefficient (Wildman–Crippen LogP) is 6.04. The van der Waals surface area contributed by atoms with Gasteiger partial charge in [0, 0.05) is 16.5 Å². The van der Waals surface area contributed by atoms with Gasteiger partial charge in [0.25, 0.3) is 0 Å². The molecule has 2 aromatic carbocycles. The van der Waals surface area contributed by atoms with Crippen molar-refractivity contribution in [2.75, 3.05) is 0 Å². The molecule has 5 nitrogen and oxygen atoms in total. The van der Waals surface area contributed by atoms with Gasteiger partial charge >= 0.3 is 5.97 Å². The molecule has 0 saturated heterocycles. The summed E-state index contributed by atoms with van der Waals surface area (Å²) in [5, 5.41) is 0.864. The Morgan fingerprint density at radius 2 is 1.80 bits per heavy atom. The second-order valence-corrected chi connectivity index (χ2v) is 7.75. The summed E-state index contributed by atoms with van der Waals surface area (Å²) in [5.41, 5.74) is 2.48. The fraction of sp³-hybridized carbons (Fsp3) is 0.360. The summed E-state index contributed by atoms with van der Waals surface area (Å²) in [4.78, 5) is 23.2. The summed E-state index contributed by atoms with van der Waals surface area (Å²) < 4.78 is 17.2. The average Bonchev–Trinajstić information content (AvgIpc) is 3.11. The number of esters is 1. The second kappa shape index (κ2) is 10.1. The van der Waals surface area contributed by atoms with Crippen LogP contribution >= 0.6 is 0 Å². The Morgan fingerprint density at radius 3 is 2.47 bits per heavy atom. The number of furan rings is 1. The third kappa shape index (κ3) is 6.21. The van der Waals surface area contributed by atoms with Gasteiger partial charge in [-0.25, -0.2) is 0 Å². The molecule has 1 aromatic heterocycles. The molecule has 3 rings (SSSR count). The van der Waals surface area contributed by atoms with E-state index < -0.39 is 5.60 Å². The van der Waals surface area contributed by atoms with Crippen molar-refractivity contribution in [1.29, 1.82) is 0 Å². The zero-order valence-electron chi connectivity index (χ0n) is 18.6. The van der Waals surface area contributed by atoms with Crippen molar-refractivity contribution >= 4 is 23.2 Å². The standard InChI is InChI=1S/C23H24O5.C2H6/c1-15-9-16(13-24)10-18-11-19(27-22(15)18)14-26-20-8-6-5-7-17(20)12-21(25)28-23(2,3)4;1-2/h5-11,13H,12,14H2,1-4H3;1-2H3. The van der Waals surface area contributed by atoms with Gasteiger partial charge < -0.3 is 13.9 Å². The lowest BCUT2D eigenvalue weighted by Crippen LogP contribution is -2.25. The van der Waals surface area contributed by atoms with Crippen molar-refractivity contribution in [2.24, 2.45) is 0 Å². The van der Waals surface area contributed by atoms with Crippen molar-refractivity contribution < 1.29 is 23.5 Å². The summed E-state index contributed by atoms with van der Waals surface area (Å²) in [7, 11) is 0. The Bertz CT molecular complexity index is 1010. The number of aldehydes is 1. The molecule has 3 aromatic rings. The smallest absolute Gasteiger partial charge is 0.310 e. The van der Waals surface area contributed by atoms with E-state index in [9.17, 15) is 9.59 Å². The Labute approximate surface area is 178 Å². The largest absolute Gasteiger partial charge is 0.485 e. The highest BCUT2D eigenvalue weighted by Crippen LogP contribution is 2.26. The molecule has 0 saturated carbocycles. The predicted molar refractivity (Wildman–Crippen MR) is 118 cm³/mol. The fourth-order valence-electron chi connectivity index (χ4n) is 3.02. The molecule has 0 bridgehead atoms. The van der Waals surface area contributed by atoms with Gasteiger partial charge in [-0.2, -0.15) is 0 Å². The summed E-state index contributed by atoms with van der Waals surface area (Å²) in [6, 6.07) is 12.8. The van der Waals surface area contributed by atoms with Crippen LogP contribution in [0.25, 0.3) is 11.0 Å². The van der Waals surface area contributed by atoms with Crippen molar-refractivity contribution in [2.45, 2.75) is 60.2 Å². The lowest BCUT2D eigenvalue weighted by Gasteiger charge is -2.20. The van der Waals surface area contributed by atoms with Crippen LogP contribution in [0.5, 0.6) is 5.75 Å². The highest BCUT2D eigenvalue weighted by molar-refractivity contribution is 5.88. The molecule has 1 heterocycles. The van der Waals surface area contributed by atoms with E-state index in [0.717, 1.165) is 28.4 Å². The lowest BCUT2D eigenvalue weighted by atomic mass is 10.1. The van der Waals surface area contributed by atoms with Crippen LogP contribution in [0.15, 0.2) is 46.9 Å². The minimum atomic E-state index is -0.528. The van der Waals surface area contributed by atoms with Gasteiger partial charge in [-0.05, 0) is 57.5 Å².